The van der Waals surface area contributed by atoms with Gasteiger partial charge in [0.2, 0.25) is 10.0 Å². The van der Waals surface area contributed by atoms with Crippen LogP contribution in [0.1, 0.15) is 65.0 Å². The van der Waals surface area contributed by atoms with E-state index in [1.54, 1.807) is 12.3 Å². The van der Waals surface area contributed by atoms with Crippen LogP contribution in [-0.4, -0.2) is 108 Å². The van der Waals surface area contributed by atoms with E-state index in [2.05, 4.69) is 15.4 Å². The smallest absolute Gasteiger partial charge is 0.374 e. The number of aliphatic hydroxyl groups excluding tert-OH is 2. The van der Waals surface area contributed by atoms with E-state index in [0.29, 0.717) is 30.3 Å². The number of nitrogens with one attached hydrogen (secondary N) is 2. The van der Waals surface area contributed by atoms with Gasteiger partial charge in [0.15, 0.2) is 11.9 Å². The highest BCUT2D eigenvalue weighted by Crippen LogP contribution is 2.61. The van der Waals surface area contributed by atoms with Crippen LogP contribution in [0.15, 0.2) is 12.3 Å². The third kappa shape index (κ3) is 7.21. The van der Waals surface area contributed by atoms with Gasteiger partial charge in [0, 0.05) is 13.2 Å². The van der Waals surface area contributed by atoms with Gasteiger partial charge in [-0.2, -0.15) is 5.10 Å². The van der Waals surface area contributed by atoms with Gasteiger partial charge in [0.05, 0.1) is 48.9 Å². The van der Waals surface area contributed by atoms with Crippen LogP contribution in [0.4, 0.5) is 5.69 Å². The number of hydrogen-bond donors (Lipinski definition) is 4. The molecule has 1 aliphatic heterocycles. The number of carbonyl (C=O) groups excluding carboxylic acids is 1. The van der Waals surface area contributed by atoms with E-state index in [9.17, 15) is 28.0 Å². The lowest BCUT2D eigenvalue weighted by atomic mass is 10.0. The summed E-state index contributed by atoms with van der Waals surface area (Å²) in [6.07, 6.45) is 1.50. The maximum Gasteiger partial charge on any atom is 0.374 e. The number of fused-ring (bicyclic) bond motifs is 1. The maximum atomic E-state index is 14.2. The normalized spacial score (nSPS) is 25.6. The van der Waals surface area contributed by atoms with Crippen LogP contribution < -0.4 is 10.0 Å². The quantitative estimate of drug-likeness (QED) is 0.145. The number of rotatable bonds is 16. The molecule has 2 aromatic rings. The van der Waals surface area contributed by atoms with Gasteiger partial charge in [-0.1, -0.05) is 30.9 Å². The van der Waals surface area contributed by atoms with Crippen molar-refractivity contribution in [2.75, 3.05) is 38.9 Å². The summed E-state index contributed by atoms with van der Waals surface area (Å²) in [7, 11) is -7.59. The number of methoxy groups -OCH3 is 1. The number of ether oxygens (including phenoxy) is 3. The molecule has 4 N–H and O–H groups in total. The summed E-state index contributed by atoms with van der Waals surface area (Å²) in [5, 5.41) is 27.4. The minimum absolute atomic E-state index is 0.183. The number of anilines is 1. The Hall–Kier alpha value is -1.92. The van der Waals surface area contributed by atoms with Crippen LogP contribution >= 0.6 is 19.2 Å². The average Bonchev–Trinajstić information content (AvgIpc) is 3.70. The summed E-state index contributed by atoms with van der Waals surface area (Å²) in [4.78, 5) is 18.2. The summed E-state index contributed by atoms with van der Waals surface area (Å²) < 4.78 is 71.6. The molecule has 0 unspecified atom stereocenters. The molecule has 264 valence electrons. The molecule has 3 aliphatic rings. The van der Waals surface area contributed by atoms with E-state index in [0.717, 1.165) is 31.4 Å². The van der Waals surface area contributed by atoms with Crippen molar-refractivity contribution in [1.82, 2.24) is 19.5 Å². The van der Waals surface area contributed by atoms with Gasteiger partial charge < -0.3 is 38.8 Å². The minimum Gasteiger partial charge on any atom is -0.387 e. The number of pyridine rings is 1. The third-order valence-electron chi connectivity index (χ3n) is 8.78. The molecule has 2 saturated carbocycles. The summed E-state index contributed by atoms with van der Waals surface area (Å²) in [5.74, 6) is -1.32. The van der Waals surface area contributed by atoms with Crippen LogP contribution in [-0.2, 0) is 42.6 Å². The molecule has 0 aromatic carbocycles. The maximum absolute atomic E-state index is 14.2. The Morgan fingerprint density at radius 2 is 1.83 bits per heavy atom. The molecule has 16 nitrogen and oxygen atoms in total. The molecule has 2 aromatic heterocycles. The van der Waals surface area contributed by atoms with Crippen LogP contribution in [0, 0.1) is 0 Å². The van der Waals surface area contributed by atoms with Crippen molar-refractivity contribution in [3.05, 3.63) is 17.4 Å². The first-order valence-electron chi connectivity index (χ1n) is 15.8. The molecule has 19 heteroatoms. The number of aromatic nitrogens is 3. The fourth-order valence-electron chi connectivity index (χ4n) is 6.08. The number of amides is 1. The number of hydrogen-bond acceptors (Lipinski definition) is 14. The number of halogens is 1. The predicted molar refractivity (Wildman–Crippen MR) is 170 cm³/mol. The standard InChI is InChI=1S/C28H43ClN5O11PS/c1-4-43-46(38,44-5-2)28(16-41-3,27(37)33-47(39,40)18-11-8-12-18)42-15-21-23(35)24(36)26(45-21)34-25-19(14-30-34)20(13-22(29)32-25)31-17-9-6-7-10-17/h13-14,17-18,21,23-24,26,35-36H,4-12,15-16H2,1-3H3,(H,31,32)(H,33,37)/t21-,23-,24-,26-,28-/m1/s1. The molecule has 47 heavy (non-hydrogen) atoms. The predicted octanol–water partition coefficient (Wildman–Crippen LogP) is 2.68. The van der Waals surface area contributed by atoms with Crippen molar-refractivity contribution in [3.8, 4) is 0 Å². The first kappa shape index (κ1) is 36.4. The minimum atomic E-state index is -4.62. The van der Waals surface area contributed by atoms with Crippen molar-refractivity contribution < 1.29 is 51.2 Å². The zero-order valence-electron chi connectivity index (χ0n) is 26.5. The highest BCUT2D eigenvalue weighted by Gasteiger charge is 2.61. The number of aliphatic hydroxyl groups is 2. The number of sulfonamides is 1. The Morgan fingerprint density at radius 1 is 1.15 bits per heavy atom. The third-order valence-corrected chi connectivity index (χ3v) is 13.3. The van der Waals surface area contributed by atoms with Gasteiger partial charge in [-0.25, -0.2) is 22.8 Å². The molecule has 0 radical (unpaired) electrons. The second-order valence-electron chi connectivity index (χ2n) is 11.9. The first-order chi connectivity index (χ1) is 22.4. The SMILES string of the molecule is CCOP(=O)(OCC)[C@@](COC)(OC[C@H]1O[C@@H](n2ncc3c(NC4CCCC4)cc(Cl)nc32)[C@H](O)[C@@H]1O)C(=O)NS(=O)(=O)C1CCC1. The van der Waals surface area contributed by atoms with E-state index in [-0.39, 0.29) is 24.4 Å². The number of nitrogens with zero attached hydrogens (tertiary/aromatic N) is 3. The fourth-order valence-corrected chi connectivity index (χ4v) is 9.89. The topological polar surface area (TPSA) is 210 Å². The molecular weight excluding hydrogens is 681 g/mol. The zero-order chi connectivity index (χ0) is 34.0. The summed E-state index contributed by atoms with van der Waals surface area (Å²) in [6.45, 7) is 1.26. The van der Waals surface area contributed by atoms with E-state index in [4.69, 9.17) is 34.9 Å². The molecule has 1 amide bonds. The van der Waals surface area contributed by atoms with Crippen LogP contribution in [0.25, 0.3) is 11.0 Å². The van der Waals surface area contributed by atoms with E-state index in [1.807, 2.05) is 4.72 Å². The van der Waals surface area contributed by atoms with Gasteiger partial charge in [0.1, 0.15) is 23.5 Å². The van der Waals surface area contributed by atoms with E-state index < -0.39 is 71.9 Å². The molecule has 0 bridgehead atoms. The highest BCUT2D eigenvalue weighted by molar-refractivity contribution is 7.90. The average molecular weight is 724 g/mol. The Labute approximate surface area is 278 Å². The monoisotopic (exact) mass is 723 g/mol. The van der Waals surface area contributed by atoms with Gasteiger partial charge in [-0.15, -0.1) is 0 Å². The molecule has 0 spiro atoms. The molecule has 2 aliphatic carbocycles. The van der Waals surface area contributed by atoms with Gasteiger partial charge in [0.25, 0.3) is 11.2 Å². The fraction of sp³-hybridized carbons (Fsp3) is 0.750. The molecule has 5 rings (SSSR count). The van der Waals surface area contributed by atoms with Crippen LogP contribution in [0.5, 0.6) is 0 Å². The van der Waals surface area contributed by atoms with Crippen molar-refractivity contribution in [3.63, 3.8) is 0 Å². The van der Waals surface area contributed by atoms with Crippen LogP contribution in [0.3, 0.4) is 0 Å². The lowest BCUT2D eigenvalue weighted by Crippen LogP contribution is -2.56. The lowest BCUT2D eigenvalue weighted by molar-refractivity contribution is -0.152. The molecule has 3 fully saturated rings. The Bertz CT molecular complexity index is 1560. The van der Waals surface area contributed by atoms with E-state index >= 15 is 0 Å². The first-order valence-corrected chi connectivity index (χ1v) is 19.3. The van der Waals surface area contributed by atoms with Gasteiger partial charge in [-0.05, 0) is 45.6 Å². The molecule has 1 saturated heterocycles. The Kier molecular flexibility index (Phi) is 11.5. The van der Waals surface area contributed by atoms with Crippen molar-refractivity contribution in [2.24, 2.45) is 0 Å². The lowest BCUT2D eigenvalue weighted by Gasteiger charge is -2.37. The highest BCUT2D eigenvalue weighted by atomic mass is 35.5. The summed E-state index contributed by atoms with van der Waals surface area (Å²) in [6, 6.07) is 1.97. The molecule has 5 atom stereocenters. The van der Waals surface area contributed by atoms with Crippen LogP contribution in [0.2, 0.25) is 5.15 Å². The largest absolute Gasteiger partial charge is 0.387 e. The summed E-state index contributed by atoms with van der Waals surface area (Å²) in [5.41, 5.74) is 1.02. The molecular formula is C28H43ClN5O11PS. The summed E-state index contributed by atoms with van der Waals surface area (Å²) >= 11 is 6.36. The second kappa shape index (κ2) is 14.9. The van der Waals surface area contributed by atoms with Gasteiger partial charge >= 0.3 is 7.60 Å². The Morgan fingerprint density at radius 3 is 2.43 bits per heavy atom. The Balaban J connectivity index is 1.42. The van der Waals surface area contributed by atoms with Gasteiger partial charge in [-0.3, -0.25) is 9.36 Å². The zero-order valence-corrected chi connectivity index (χ0v) is 29.0. The molecule has 3 heterocycles. The van der Waals surface area contributed by atoms with Crippen molar-refractivity contribution >= 4 is 51.8 Å². The van der Waals surface area contributed by atoms with E-state index in [1.165, 1.54) is 25.6 Å². The van der Waals surface area contributed by atoms with Crippen molar-refractivity contribution in [1.29, 1.82) is 0 Å². The van der Waals surface area contributed by atoms with Crippen molar-refractivity contribution in [2.45, 2.75) is 100.0 Å². The second-order valence-corrected chi connectivity index (χ2v) is 16.5. The number of carbonyl (C=O) groups is 1.